The molecule has 0 saturated carbocycles. The first-order valence-electron chi connectivity index (χ1n) is 7.71. The molecule has 2 heteroatoms. The fourth-order valence-electron chi connectivity index (χ4n) is 2.31. The largest absolute Gasteiger partial charge is 0.381 e. The molecule has 0 aliphatic carbocycles. The maximum atomic E-state index is 5.58. The van der Waals surface area contributed by atoms with Crippen LogP contribution in [-0.2, 0) is 11.2 Å². The highest BCUT2D eigenvalue weighted by molar-refractivity contribution is 5.14. The summed E-state index contributed by atoms with van der Waals surface area (Å²) in [6.45, 7) is 7.15. The van der Waals surface area contributed by atoms with Gasteiger partial charge in [-0.1, -0.05) is 44.2 Å². The maximum Gasteiger partial charge on any atom is 0.0480 e. The Hall–Kier alpha value is -0.860. The minimum Gasteiger partial charge on any atom is -0.381 e. The van der Waals surface area contributed by atoms with Crippen molar-refractivity contribution in [2.45, 2.75) is 52.0 Å². The van der Waals surface area contributed by atoms with Crippen molar-refractivity contribution >= 4 is 0 Å². The van der Waals surface area contributed by atoms with Crippen LogP contribution in [-0.4, -0.2) is 25.8 Å². The molecule has 0 heterocycles. The molecule has 1 unspecified atom stereocenters. The lowest BCUT2D eigenvalue weighted by molar-refractivity contribution is 0.123. The van der Waals surface area contributed by atoms with Crippen molar-refractivity contribution in [1.29, 1.82) is 0 Å². The van der Waals surface area contributed by atoms with Gasteiger partial charge in [-0.15, -0.1) is 0 Å². The highest BCUT2D eigenvalue weighted by Gasteiger charge is 2.06. The second kappa shape index (κ2) is 11.0. The van der Waals surface area contributed by atoms with Crippen molar-refractivity contribution < 1.29 is 4.74 Å². The number of aryl methyl sites for hydroxylation is 1. The molecule has 19 heavy (non-hydrogen) atoms. The van der Waals surface area contributed by atoms with Crippen molar-refractivity contribution in [2.24, 2.45) is 0 Å². The number of hydrogen-bond donors (Lipinski definition) is 1. The van der Waals surface area contributed by atoms with Gasteiger partial charge in [0, 0.05) is 19.3 Å². The molecule has 0 spiro atoms. The lowest BCUT2D eigenvalue weighted by atomic mass is 10.0. The maximum absolute atomic E-state index is 5.58. The molecular formula is C17H29NO. The summed E-state index contributed by atoms with van der Waals surface area (Å²) in [5, 5.41) is 3.57. The Morgan fingerprint density at radius 3 is 2.53 bits per heavy atom. The Morgan fingerprint density at radius 2 is 1.84 bits per heavy atom. The molecule has 1 aromatic carbocycles. The summed E-state index contributed by atoms with van der Waals surface area (Å²) in [6.07, 6.45) is 5.90. The van der Waals surface area contributed by atoms with Gasteiger partial charge in [-0.05, 0) is 44.2 Å². The molecule has 2 nitrogen and oxygen atoms in total. The van der Waals surface area contributed by atoms with Crippen LogP contribution in [0.5, 0.6) is 0 Å². The number of nitrogens with one attached hydrogen (secondary N) is 1. The van der Waals surface area contributed by atoms with Crippen molar-refractivity contribution in [1.82, 2.24) is 5.32 Å². The standard InChI is InChI=1S/C17H29NO/c1-3-14-19-15-13-17(18-4-2)12-8-11-16-9-6-5-7-10-16/h5-7,9-10,17-18H,3-4,8,11-15H2,1-2H3. The van der Waals surface area contributed by atoms with Crippen LogP contribution in [0, 0.1) is 0 Å². The van der Waals surface area contributed by atoms with Crippen LogP contribution in [0.2, 0.25) is 0 Å². The molecule has 0 aliphatic heterocycles. The van der Waals surface area contributed by atoms with E-state index in [1.165, 1.54) is 24.8 Å². The molecule has 0 fully saturated rings. The predicted molar refractivity (Wildman–Crippen MR) is 82.6 cm³/mol. The van der Waals surface area contributed by atoms with Crippen molar-refractivity contribution in [3.05, 3.63) is 35.9 Å². The first-order chi connectivity index (χ1) is 9.36. The molecule has 0 saturated heterocycles. The minimum absolute atomic E-state index is 0.602. The number of hydrogen-bond acceptors (Lipinski definition) is 2. The van der Waals surface area contributed by atoms with Gasteiger partial charge in [-0.3, -0.25) is 0 Å². The van der Waals surface area contributed by atoms with Gasteiger partial charge in [0.05, 0.1) is 0 Å². The predicted octanol–water partition coefficient (Wildman–Crippen LogP) is 3.80. The van der Waals surface area contributed by atoms with E-state index in [2.05, 4.69) is 49.5 Å². The van der Waals surface area contributed by atoms with Crippen LogP contribution in [0.15, 0.2) is 30.3 Å². The van der Waals surface area contributed by atoms with Crippen LogP contribution in [0.3, 0.4) is 0 Å². The summed E-state index contributed by atoms with van der Waals surface area (Å²) in [5.74, 6) is 0. The van der Waals surface area contributed by atoms with Gasteiger partial charge in [0.25, 0.3) is 0 Å². The normalized spacial score (nSPS) is 12.5. The topological polar surface area (TPSA) is 21.3 Å². The van der Waals surface area contributed by atoms with Crippen LogP contribution in [0.1, 0.15) is 45.1 Å². The van der Waals surface area contributed by atoms with E-state index in [0.29, 0.717) is 6.04 Å². The van der Waals surface area contributed by atoms with E-state index in [-0.39, 0.29) is 0 Å². The van der Waals surface area contributed by atoms with Gasteiger partial charge in [0.2, 0.25) is 0 Å². The van der Waals surface area contributed by atoms with E-state index < -0.39 is 0 Å². The third kappa shape index (κ3) is 8.02. The fraction of sp³-hybridized carbons (Fsp3) is 0.647. The third-order valence-electron chi connectivity index (χ3n) is 3.31. The molecule has 0 aromatic heterocycles. The van der Waals surface area contributed by atoms with Crippen LogP contribution >= 0.6 is 0 Å². The summed E-state index contributed by atoms with van der Waals surface area (Å²) in [5.41, 5.74) is 1.44. The average molecular weight is 263 g/mol. The summed E-state index contributed by atoms with van der Waals surface area (Å²) in [4.78, 5) is 0. The monoisotopic (exact) mass is 263 g/mol. The van der Waals surface area contributed by atoms with E-state index in [4.69, 9.17) is 4.74 Å². The zero-order valence-electron chi connectivity index (χ0n) is 12.5. The van der Waals surface area contributed by atoms with Crippen molar-refractivity contribution in [3.8, 4) is 0 Å². The molecule has 0 aliphatic rings. The number of benzene rings is 1. The molecule has 0 bridgehead atoms. The van der Waals surface area contributed by atoms with Crippen LogP contribution in [0.4, 0.5) is 0 Å². The molecule has 1 atom stereocenters. The van der Waals surface area contributed by atoms with Gasteiger partial charge < -0.3 is 10.1 Å². The second-order valence-corrected chi connectivity index (χ2v) is 5.03. The van der Waals surface area contributed by atoms with Gasteiger partial charge in [-0.25, -0.2) is 0 Å². The smallest absolute Gasteiger partial charge is 0.0480 e. The zero-order valence-corrected chi connectivity index (χ0v) is 12.5. The second-order valence-electron chi connectivity index (χ2n) is 5.03. The van der Waals surface area contributed by atoms with Gasteiger partial charge in [0.15, 0.2) is 0 Å². The lowest BCUT2D eigenvalue weighted by Crippen LogP contribution is -2.30. The highest BCUT2D eigenvalue weighted by atomic mass is 16.5. The molecule has 1 N–H and O–H groups in total. The van der Waals surface area contributed by atoms with E-state index in [1.54, 1.807) is 0 Å². The Balaban J connectivity index is 2.17. The minimum atomic E-state index is 0.602. The number of rotatable bonds is 11. The summed E-state index contributed by atoms with van der Waals surface area (Å²) < 4.78 is 5.58. The fourth-order valence-corrected chi connectivity index (χ4v) is 2.31. The first-order valence-corrected chi connectivity index (χ1v) is 7.71. The summed E-state index contributed by atoms with van der Waals surface area (Å²) >= 11 is 0. The molecular weight excluding hydrogens is 234 g/mol. The molecule has 1 rings (SSSR count). The molecule has 108 valence electrons. The van der Waals surface area contributed by atoms with Gasteiger partial charge in [-0.2, -0.15) is 0 Å². The van der Waals surface area contributed by atoms with E-state index in [9.17, 15) is 0 Å². The summed E-state index contributed by atoms with van der Waals surface area (Å²) in [7, 11) is 0. The Labute approximate surface area is 118 Å². The molecule has 1 aromatic rings. The summed E-state index contributed by atoms with van der Waals surface area (Å²) in [6, 6.07) is 11.4. The van der Waals surface area contributed by atoms with E-state index in [0.717, 1.165) is 32.6 Å². The van der Waals surface area contributed by atoms with Crippen LogP contribution < -0.4 is 5.32 Å². The quantitative estimate of drug-likeness (QED) is 0.613. The van der Waals surface area contributed by atoms with Crippen molar-refractivity contribution in [2.75, 3.05) is 19.8 Å². The Morgan fingerprint density at radius 1 is 1.05 bits per heavy atom. The molecule has 0 radical (unpaired) electrons. The third-order valence-corrected chi connectivity index (χ3v) is 3.31. The zero-order chi connectivity index (χ0) is 13.8. The van der Waals surface area contributed by atoms with Gasteiger partial charge >= 0.3 is 0 Å². The van der Waals surface area contributed by atoms with Crippen molar-refractivity contribution in [3.63, 3.8) is 0 Å². The lowest BCUT2D eigenvalue weighted by Gasteiger charge is -2.17. The average Bonchev–Trinajstić information content (AvgIpc) is 2.44. The number of ether oxygens (including phenoxy) is 1. The molecule has 0 amide bonds. The van der Waals surface area contributed by atoms with Crippen LogP contribution in [0.25, 0.3) is 0 Å². The van der Waals surface area contributed by atoms with E-state index in [1.807, 2.05) is 0 Å². The Kier molecular flexibility index (Phi) is 9.38. The SMILES string of the molecule is CCCOCCC(CCCc1ccccc1)NCC. The van der Waals surface area contributed by atoms with Gasteiger partial charge in [0.1, 0.15) is 0 Å². The van der Waals surface area contributed by atoms with E-state index >= 15 is 0 Å². The first kappa shape index (κ1) is 16.2. The highest BCUT2D eigenvalue weighted by Crippen LogP contribution is 2.08. The Bertz CT molecular complexity index is 299.